The Bertz CT molecular complexity index is 741. The van der Waals surface area contributed by atoms with Gasteiger partial charge in [-0.05, 0) is 61.4 Å². The Balaban J connectivity index is 2.46. The fraction of sp³-hybridized carbons (Fsp3) is 0.267. The summed E-state index contributed by atoms with van der Waals surface area (Å²) in [6, 6.07) is 5.79. The average molecular weight is 342 g/mol. The van der Waals surface area contributed by atoms with Crippen LogP contribution < -0.4 is 4.72 Å². The van der Waals surface area contributed by atoms with E-state index in [0.717, 1.165) is 0 Å². The molecule has 7 heteroatoms. The van der Waals surface area contributed by atoms with Crippen molar-refractivity contribution in [1.29, 1.82) is 0 Å². The van der Waals surface area contributed by atoms with Crippen LogP contribution in [0.25, 0.3) is 0 Å². The number of ether oxygens (including phenoxy) is 1. The summed E-state index contributed by atoms with van der Waals surface area (Å²) in [5.74, 6) is -0.201. The standard InChI is InChI=1S/C15H16ClNO4S/c1-10-8-13(18)9-11(2)15(10,21-3)17-22(19,20)14-6-4-12(16)5-7-14/h4-9,17H,1-3H3. The number of allylic oxidation sites excluding steroid dienone is 2. The Morgan fingerprint density at radius 3 is 2.05 bits per heavy atom. The van der Waals surface area contributed by atoms with Crippen molar-refractivity contribution in [3.05, 3.63) is 52.6 Å². The fourth-order valence-corrected chi connectivity index (χ4v) is 3.89. The molecule has 1 aromatic rings. The van der Waals surface area contributed by atoms with Crippen molar-refractivity contribution in [2.45, 2.75) is 24.5 Å². The number of rotatable bonds is 4. The number of benzene rings is 1. The lowest BCUT2D eigenvalue weighted by Gasteiger charge is -2.36. The number of sulfonamides is 1. The molecule has 0 radical (unpaired) electrons. The van der Waals surface area contributed by atoms with Gasteiger partial charge in [0.2, 0.25) is 10.0 Å². The molecule has 5 nitrogen and oxygen atoms in total. The molecular formula is C15H16ClNO4S. The zero-order valence-corrected chi connectivity index (χ0v) is 14.0. The van der Waals surface area contributed by atoms with Crippen LogP contribution in [0.5, 0.6) is 0 Å². The molecule has 0 aliphatic heterocycles. The van der Waals surface area contributed by atoms with Crippen molar-refractivity contribution in [1.82, 2.24) is 4.72 Å². The normalized spacial score (nSPS) is 17.9. The second-order valence-corrected chi connectivity index (χ2v) is 7.12. The van der Waals surface area contributed by atoms with Crippen molar-refractivity contribution >= 4 is 27.4 Å². The maximum atomic E-state index is 12.6. The van der Waals surface area contributed by atoms with Crippen LogP contribution in [-0.4, -0.2) is 27.0 Å². The highest BCUT2D eigenvalue weighted by Gasteiger charge is 2.41. The van der Waals surface area contributed by atoms with Gasteiger partial charge in [-0.1, -0.05) is 11.6 Å². The number of hydrogen-bond donors (Lipinski definition) is 1. The van der Waals surface area contributed by atoms with Gasteiger partial charge < -0.3 is 4.74 Å². The summed E-state index contributed by atoms with van der Waals surface area (Å²) in [6.45, 7) is 3.28. The van der Waals surface area contributed by atoms with Crippen LogP contribution in [0.1, 0.15) is 13.8 Å². The number of hydrogen-bond acceptors (Lipinski definition) is 4. The highest BCUT2D eigenvalue weighted by molar-refractivity contribution is 7.89. The molecule has 0 unspecified atom stereocenters. The Labute approximate surface area is 134 Å². The molecule has 1 aromatic carbocycles. The van der Waals surface area contributed by atoms with Gasteiger partial charge in [0.15, 0.2) is 11.5 Å². The van der Waals surface area contributed by atoms with Gasteiger partial charge in [-0.2, -0.15) is 4.72 Å². The fourth-order valence-electron chi connectivity index (χ4n) is 2.37. The summed E-state index contributed by atoms with van der Waals surface area (Å²) in [4.78, 5) is 11.6. The quantitative estimate of drug-likeness (QED) is 0.854. The molecule has 0 atom stereocenters. The van der Waals surface area contributed by atoms with E-state index in [1.54, 1.807) is 13.8 Å². The van der Waals surface area contributed by atoms with Crippen LogP contribution in [0.3, 0.4) is 0 Å². The number of ketones is 1. The molecule has 1 aliphatic rings. The van der Waals surface area contributed by atoms with E-state index in [-0.39, 0.29) is 10.7 Å². The van der Waals surface area contributed by atoms with E-state index in [1.807, 2.05) is 0 Å². The molecule has 0 saturated heterocycles. The largest absolute Gasteiger partial charge is 0.355 e. The van der Waals surface area contributed by atoms with Gasteiger partial charge in [-0.15, -0.1) is 0 Å². The van der Waals surface area contributed by atoms with Gasteiger partial charge in [0.25, 0.3) is 0 Å². The van der Waals surface area contributed by atoms with Crippen molar-refractivity contribution in [3.63, 3.8) is 0 Å². The molecule has 1 aliphatic carbocycles. The molecule has 22 heavy (non-hydrogen) atoms. The number of methoxy groups -OCH3 is 1. The first-order valence-electron chi connectivity index (χ1n) is 6.47. The molecule has 2 rings (SSSR count). The van der Waals surface area contributed by atoms with Gasteiger partial charge in [0.1, 0.15) is 0 Å². The molecule has 0 bridgehead atoms. The summed E-state index contributed by atoms with van der Waals surface area (Å²) in [5.41, 5.74) is -0.429. The minimum Gasteiger partial charge on any atom is -0.355 e. The predicted octanol–water partition coefficient (Wildman–Crippen LogP) is 2.44. The van der Waals surface area contributed by atoms with E-state index in [9.17, 15) is 13.2 Å². The molecule has 0 heterocycles. The maximum Gasteiger partial charge on any atom is 0.243 e. The lowest BCUT2D eigenvalue weighted by atomic mass is 9.90. The van der Waals surface area contributed by atoms with Crippen LogP contribution in [0, 0.1) is 0 Å². The first-order chi connectivity index (χ1) is 10.2. The second kappa shape index (κ2) is 5.96. The topological polar surface area (TPSA) is 72.5 Å². The Hall–Kier alpha value is -1.47. The molecule has 0 fully saturated rings. The Morgan fingerprint density at radius 1 is 1.09 bits per heavy atom. The zero-order chi connectivity index (χ0) is 16.5. The van der Waals surface area contributed by atoms with Crippen LogP contribution in [0.4, 0.5) is 0 Å². The average Bonchev–Trinajstić information content (AvgIpc) is 2.43. The number of carbonyl (C=O) groups is 1. The van der Waals surface area contributed by atoms with Crippen LogP contribution in [-0.2, 0) is 19.6 Å². The van der Waals surface area contributed by atoms with Crippen LogP contribution in [0.2, 0.25) is 5.02 Å². The van der Waals surface area contributed by atoms with Gasteiger partial charge in [0.05, 0.1) is 4.90 Å². The molecular weight excluding hydrogens is 326 g/mol. The summed E-state index contributed by atoms with van der Waals surface area (Å²) < 4.78 is 33.1. The first-order valence-corrected chi connectivity index (χ1v) is 8.33. The summed E-state index contributed by atoms with van der Waals surface area (Å²) in [6.07, 6.45) is 2.70. The number of nitrogens with one attached hydrogen (secondary N) is 1. The molecule has 0 spiro atoms. The van der Waals surface area contributed by atoms with Gasteiger partial charge in [0, 0.05) is 12.1 Å². The third-order valence-electron chi connectivity index (χ3n) is 3.54. The van der Waals surface area contributed by atoms with E-state index in [1.165, 1.54) is 43.5 Å². The van der Waals surface area contributed by atoms with Crippen molar-refractivity contribution in [2.24, 2.45) is 0 Å². The van der Waals surface area contributed by atoms with E-state index >= 15 is 0 Å². The summed E-state index contributed by atoms with van der Waals surface area (Å²) >= 11 is 5.78. The Kier molecular flexibility index (Phi) is 4.58. The van der Waals surface area contributed by atoms with E-state index in [4.69, 9.17) is 16.3 Å². The lowest BCUT2D eigenvalue weighted by molar-refractivity contribution is -0.111. The van der Waals surface area contributed by atoms with Crippen molar-refractivity contribution < 1.29 is 17.9 Å². The molecule has 118 valence electrons. The van der Waals surface area contributed by atoms with Crippen molar-refractivity contribution in [3.8, 4) is 0 Å². The predicted molar refractivity (Wildman–Crippen MR) is 84.0 cm³/mol. The highest BCUT2D eigenvalue weighted by Crippen LogP contribution is 2.31. The lowest BCUT2D eigenvalue weighted by Crippen LogP contribution is -2.53. The highest BCUT2D eigenvalue weighted by atomic mass is 35.5. The van der Waals surface area contributed by atoms with Gasteiger partial charge in [-0.25, -0.2) is 8.42 Å². The minimum absolute atomic E-state index is 0.0609. The van der Waals surface area contributed by atoms with E-state index in [0.29, 0.717) is 16.2 Å². The smallest absolute Gasteiger partial charge is 0.243 e. The minimum atomic E-state index is -3.86. The SMILES string of the molecule is COC1(NS(=O)(=O)c2ccc(Cl)cc2)C(C)=CC(=O)C=C1C. The molecule has 0 saturated carbocycles. The van der Waals surface area contributed by atoms with Crippen molar-refractivity contribution in [2.75, 3.05) is 7.11 Å². The third-order valence-corrected chi connectivity index (χ3v) is 5.24. The zero-order valence-electron chi connectivity index (χ0n) is 12.4. The van der Waals surface area contributed by atoms with Gasteiger partial charge >= 0.3 is 0 Å². The Morgan fingerprint density at radius 2 is 1.59 bits per heavy atom. The second-order valence-electron chi connectivity index (χ2n) is 5.00. The molecule has 1 N–H and O–H groups in total. The van der Waals surface area contributed by atoms with E-state index in [2.05, 4.69) is 4.72 Å². The summed E-state index contributed by atoms with van der Waals surface area (Å²) in [5, 5.41) is 0.441. The monoisotopic (exact) mass is 341 g/mol. The third kappa shape index (κ3) is 3.01. The van der Waals surface area contributed by atoms with E-state index < -0.39 is 15.7 Å². The maximum absolute atomic E-state index is 12.6. The van der Waals surface area contributed by atoms with Crippen LogP contribution in [0.15, 0.2) is 52.5 Å². The molecule has 0 amide bonds. The summed E-state index contributed by atoms with van der Waals surface area (Å²) in [7, 11) is -2.47. The number of carbonyl (C=O) groups excluding carboxylic acids is 1. The first kappa shape index (κ1) is 16.9. The molecule has 0 aromatic heterocycles. The van der Waals surface area contributed by atoms with Gasteiger partial charge in [-0.3, -0.25) is 4.79 Å². The van der Waals surface area contributed by atoms with Crippen LogP contribution >= 0.6 is 11.6 Å². The number of halogens is 1.